The molecule has 0 N–H and O–H groups in total. The van der Waals surface area contributed by atoms with Crippen LogP contribution >= 0.6 is 0 Å². The van der Waals surface area contributed by atoms with E-state index in [0.717, 1.165) is 43.2 Å². The third kappa shape index (κ3) is 2.36. The van der Waals surface area contributed by atoms with Crippen LogP contribution in [-0.4, -0.2) is 0 Å². The van der Waals surface area contributed by atoms with Gasteiger partial charge in [-0.15, -0.1) is 0 Å². The lowest BCUT2D eigenvalue weighted by atomic mass is 9.84. The highest BCUT2D eigenvalue weighted by Gasteiger charge is 2.23. The maximum absolute atomic E-state index is 11.4. The Labute approximate surface area is 91.0 Å². The molecule has 2 nitrogen and oxygen atoms in total. The molecule has 0 fully saturated rings. The summed E-state index contributed by atoms with van der Waals surface area (Å²) in [4.78, 5) is 22.6. The molecule has 84 valence electrons. The molecule has 0 saturated carbocycles. The van der Waals surface area contributed by atoms with Crippen molar-refractivity contribution in [3.63, 3.8) is 0 Å². The van der Waals surface area contributed by atoms with Gasteiger partial charge >= 0.3 is 0 Å². The summed E-state index contributed by atoms with van der Waals surface area (Å²) in [5, 5.41) is 0. The number of rotatable bonds is 6. The molecule has 1 aromatic rings. The number of hydrogen-bond acceptors (Lipinski definition) is 2. The van der Waals surface area contributed by atoms with E-state index in [1.807, 2.05) is 0 Å². The molecule has 0 aromatic heterocycles. The summed E-state index contributed by atoms with van der Waals surface area (Å²) >= 11 is 0. The molecule has 0 aliphatic rings. The molecule has 0 heterocycles. The van der Waals surface area contributed by atoms with Gasteiger partial charge in [0.25, 0.3) is 0 Å². The van der Waals surface area contributed by atoms with Crippen LogP contribution in [0.1, 0.15) is 63.0 Å². The fraction of sp³-hybridized carbons (Fsp3) is 0.692. The van der Waals surface area contributed by atoms with Crippen molar-refractivity contribution < 1.29 is 0 Å². The zero-order valence-corrected chi connectivity index (χ0v) is 9.93. The quantitative estimate of drug-likeness (QED) is 0.673. The Balaban J connectivity index is 2.81. The van der Waals surface area contributed by atoms with Gasteiger partial charge in [0.15, 0.2) is 0 Å². The van der Waals surface area contributed by atoms with Crippen LogP contribution in [0.3, 0.4) is 0 Å². The molecule has 0 saturated heterocycles. The minimum Gasteiger partial charge on any atom is -0.285 e. The predicted molar refractivity (Wildman–Crippen MR) is 63.3 cm³/mol. The van der Waals surface area contributed by atoms with Crippen molar-refractivity contribution in [3.05, 3.63) is 31.6 Å². The lowest BCUT2D eigenvalue weighted by molar-refractivity contribution is 0.532. The van der Waals surface area contributed by atoms with Crippen LogP contribution in [-0.2, 0) is 0 Å². The summed E-state index contributed by atoms with van der Waals surface area (Å²) in [5.41, 5.74) is 1.06. The van der Waals surface area contributed by atoms with Gasteiger partial charge in [-0.25, -0.2) is 0 Å². The summed E-state index contributed by atoms with van der Waals surface area (Å²) in [7, 11) is 0. The first-order valence-electron chi connectivity index (χ1n) is 5.93. The van der Waals surface area contributed by atoms with Crippen molar-refractivity contribution in [2.45, 2.75) is 58.8 Å². The number of hydrogen-bond donors (Lipinski definition) is 0. The smallest absolute Gasteiger partial charge is 0.229 e. The maximum atomic E-state index is 11.4. The SMILES string of the molecule is CCCCC(CCC)c1c(C)c(=O)c1=O. The zero-order valence-electron chi connectivity index (χ0n) is 9.93. The van der Waals surface area contributed by atoms with Crippen molar-refractivity contribution in [3.8, 4) is 0 Å². The molecule has 1 aromatic carbocycles. The lowest BCUT2D eigenvalue weighted by Crippen LogP contribution is -2.39. The molecule has 2 heteroatoms. The highest BCUT2D eigenvalue weighted by atomic mass is 16.2. The summed E-state index contributed by atoms with van der Waals surface area (Å²) in [6.45, 7) is 6.06. The van der Waals surface area contributed by atoms with Gasteiger partial charge in [0.05, 0.1) is 0 Å². The monoisotopic (exact) mass is 208 g/mol. The van der Waals surface area contributed by atoms with Crippen LogP contribution in [0, 0.1) is 6.92 Å². The summed E-state index contributed by atoms with van der Waals surface area (Å²) in [5.74, 6) is 0.333. The molecular formula is C13H20O2. The minimum absolute atomic E-state index is 0.220. The molecule has 0 aliphatic heterocycles. The third-order valence-electron chi connectivity index (χ3n) is 3.15. The Morgan fingerprint density at radius 3 is 2.13 bits per heavy atom. The van der Waals surface area contributed by atoms with Crippen LogP contribution in [0.2, 0.25) is 0 Å². The van der Waals surface area contributed by atoms with E-state index in [9.17, 15) is 9.59 Å². The Bertz CT molecular complexity index is 383. The molecule has 0 radical (unpaired) electrons. The molecule has 1 rings (SSSR count). The molecule has 0 spiro atoms. The van der Waals surface area contributed by atoms with Gasteiger partial charge < -0.3 is 0 Å². The summed E-state index contributed by atoms with van der Waals surface area (Å²) in [6, 6.07) is 0. The molecule has 0 amide bonds. The Morgan fingerprint density at radius 1 is 1.00 bits per heavy atom. The van der Waals surface area contributed by atoms with E-state index in [-0.39, 0.29) is 10.9 Å². The molecular weight excluding hydrogens is 188 g/mol. The Morgan fingerprint density at radius 2 is 1.67 bits per heavy atom. The Hall–Kier alpha value is -0.920. The van der Waals surface area contributed by atoms with Crippen LogP contribution in [0.5, 0.6) is 0 Å². The first kappa shape index (κ1) is 12.2. The second-order valence-corrected chi connectivity index (χ2v) is 4.32. The van der Waals surface area contributed by atoms with Gasteiger partial charge in [-0.2, -0.15) is 0 Å². The fourth-order valence-electron chi connectivity index (χ4n) is 2.25. The van der Waals surface area contributed by atoms with E-state index >= 15 is 0 Å². The molecule has 1 unspecified atom stereocenters. The van der Waals surface area contributed by atoms with Gasteiger partial charge in [0.2, 0.25) is 10.9 Å². The average Bonchev–Trinajstić information content (AvgIpc) is 2.25. The standard InChI is InChI=1S/C13H20O2/c1-4-6-8-10(7-5-2)11-9(3)12(14)13(11)15/h10H,4-8H2,1-3H3. The van der Waals surface area contributed by atoms with Gasteiger partial charge in [-0.05, 0) is 25.7 Å². The predicted octanol–water partition coefficient (Wildman–Crippen LogP) is 2.66. The van der Waals surface area contributed by atoms with E-state index < -0.39 is 0 Å². The average molecular weight is 208 g/mol. The zero-order chi connectivity index (χ0) is 11.4. The van der Waals surface area contributed by atoms with Crippen LogP contribution in [0.15, 0.2) is 9.59 Å². The van der Waals surface area contributed by atoms with Crippen molar-refractivity contribution >= 4 is 0 Å². The highest BCUT2D eigenvalue weighted by Crippen LogP contribution is 2.26. The molecule has 1 atom stereocenters. The second-order valence-electron chi connectivity index (χ2n) is 4.32. The molecule has 15 heavy (non-hydrogen) atoms. The van der Waals surface area contributed by atoms with Crippen molar-refractivity contribution in [1.29, 1.82) is 0 Å². The van der Waals surface area contributed by atoms with E-state index in [0.29, 0.717) is 5.92 Å². The summed E-state index contributed by atoms with van der Waals surface area (Å²) < 4.78 is 0. The lowest BCUT2D eigenvalue weighted by Gasteiger charge is -2.19. The van der Waals surface area contributed by atoms with Gasteiger partial charge in [0.1, 0.15) is 0 Å². The van der Waals surface area contributed by atoms with Crippen molar-refractivity contribution in [1.82, 2.24) is 0 Å². The highest BCUT2D eigenvalue weighted by molar-refractivity contribution is 5.34. The van der Waals surface area contributed by atoms with Crippen LogP contribution in [0.4, 0.5) is 0 Å². The second kappa shape index (κ2) is 5.24. The Kier molecular flexibility index (Phi) is 4.25. The molecule has 0 aliphatic carbocycles. The van der Waals surface area contributed by atoms with Crippen LogP contribution in [0.25, 0.3) is 0 Å². The third-order valence-corrected chi connectivity index (χ3v) is 3.15. The van der Waals surface area contributed by atoms with E-state index in [2.05, 4.69) is 13.8 Å². The first-order valence-corrected chi connectivity index (χ1v) is 5.93. The van der Waals surface area contributed by atoms with Crippen molar-refractivity contribution in [2.75, 3.05) is 0 Å². The topological polar surface area (TPSA) is 34.1 Å². The van der Waals surface area contributed by atoms with E-state index in [1.165, 1.54) is 0 Å². The first-order chi connectivity index (χ1) is 7.13. The summed E-state index contributed by atoms with van der Waals surface area (Å²) in [6.07, 6.45) is 5.45. The van der Waals surface area contributed by atoms with Gasteiger partial charge in [-0.1, -0.05) is 33.1 Å². The minimum atomic E-state index is -0.261. The van der Waals surface area contributed by atoms with Gasteiger partial charge in [-0.3, -0.25) is 9.59 Å². The molecule has 0 bridgehead atoms. The van der Waals surface area contributed by atoms with E-state index in [1.54, 1.807) is 6.92 Å². The van der Waals surface area contributed by atoms with Gasteiger partial charge in [0, 0.05) is 11.1 Å². The maximum Gasteiger partial charge on any atom is 0.229 e. The fourth-order valence-corrected chi connectivity index (χ4v) is 2.25. The number of unbranched alkanes of at least 4 members (excludes halogenated alkanes) is 1. The van der Waals surface area contributed by atoms with E-state index in [4.69, 9.17) is 0 Å². The van der Waals surface area contributed by atoms with Crippen LogP contribution < -0.4 is 10.9 Å². The largest absolute Gasteiger partial charge is 0.285 e. The van der Waals surface area contributed by atoms with Crippen molar-refractivity contribution in [2.24, 2.45) is 0 Å². The normalized spacial score (nSPS) is 13.3.